The number of pyridine rings is 1. The van der Waals surface area contributed by atoms with Crippen LogP contribution in [0.2, 0.25) is 0 Å². The topological polar surface area (TPSA) is 30.7 Å². The predicted octanol–water partition coefficient (Wildman–Crippen LogP) is 5.76. The summed E-state index contributed by atoms with van der Waals surface area (Å²) in [7, 11) is 0. The lowest BCUT2D eigenvalue weighted by atomic mass is 10.1. The molecule has 4 aromatic rings. The second kappa shape index (κ2) is 6.61. The molecule has 0 atom stereocenters. The second-order valence-corrected chi connectivity index (χ2v) is 7.25. The molecule has 132 valence electrons. The van der Waals surface area contributed by atoms with Crippen molar-refractivity contribution in [1.29, 1.82) is 0 Å². The van der Waals surface area contributed by atoms with Crippen molar-refractivity contribution >= 4 is 22.4 Å². The van der Waals surface area contributed by atoms with Gasteiger partial charge in [-0.05, 0) is 36.9 Å². The van der Waals surface area contributed by atoms with Crippen LogP contribution in [0.25, 0.3) is 21.6 Å². The smallest absolute Gasteiger partial charge is 0.243 e. The van der Waals surface area contributed by atoms with E-state index in [0.29, 0.717) is 29.0 Å². The standard InChI is InChI=1S/C20H17F2N3S/c1-12-5-7-14(8-6-12)11-25-20-18(13(2)24-25)15(19(21)22)10-16(23-20)17-4-3-9-26-17/h3-10,19H,11H2,1-2H3. The van der Waals surface area contributed by atoms with Gasteiger partial charge in [0.2, 0.25) is 0 Å². The maximum atomic E-state index is 13.7. The number of nitrogens with zero attached hydrogens (tertiary/aromatic N) is 3. The van der Waals surface area contributed by atoms with E-state index < -0.39 is 6.43 Å². The molecular weight excluding hydrogens is 352 g/mol. The van der Waals surface area contributed by atoms with Gasteiger partial charge in [0.1, 0.15) is 0 Å². The number of hydrogen-bond donors (Lipinski definition) is 0. The minimum absolute atomic E-state index is 0.00828. The summed E-state index contributed by atoms with van der Waals surface area (Å²) in [6, 6.07) is 13.4. The van der Waals surface area contributed by atoms with Crippen molar-refractivity contribution < 1.29 is 8.78 Å². The molecule has 0 N–H and O–H groups in total. The minimum atomic E-state index is -2.57. The van der Waals surface area contributed by atoms with Gasteiger partial charge in [0.15, 0.2) is 5.65 Å². The lowest BCUT2D eigenvalue weighted by Gasteiger charge is -2.08. The summed E-state index contributed by atoms with van der Waals surface area (Å²) in [6.45, 7) is 4.28. The van der Waals surface area contributed by atoms with Crippen molar-refractivity contribution in [2.24, 2.45) is 0 Å². The summed E-state index contributed by atoms with van der Waals surface area (Å²) >= 11 is 1.49. The predicted molar refractivity (Wildman–Crippen MR) is 101 cm³/mol. The summed E-state index contributed by atoms with van der Waals surface area (Å²) in [5.74, 6) is 0. The van der Waals surface area contributed by atoms with Crippen LogP contribution in [0.15, 0.2) is 47.8 Å². The van der Waals surface area contributed by atoms with Gasteiger partial charge >= 0.3 is 0 Å². The molecule has 3 nitrogen and oxygen atoms in total. The van der Waals surface area contributed by atoms with E-state index in [2.05, 4.69) is 10.1 Å². The Hall–Kier alpha value is -2.60. The summed E-state index contributed by atoms with van der Waals surface area (Å²) in [4.78, 5) is 5.54. The molecule has 6 heteroatoms. The lowest BCUT2D eigenvalue weighted by molar-refractivity contribution is 0.153. The zero-order valence-corrected chi connectivity index (χ0v) is 15.2. The largest absolute Gasteiger partial charge is 0.264 e. The molecule has 0 fully saturated rings. The number of aromatic nitrogens is 3. The quantitative estimate of drug-likeness (QED) is 0.458. The SMILES string of the molecule is Cc1ccc(Cn2nc(C)c3c(C(F)F)cc(-c4cccs4)nc32)cc1. The first kappa shape index (κ1) is 16.8. The van der Waals surface area contributed by atoms with Gasteiger partial charge in [-0.1, -0.05) is 35.9 Å². The summed E-state index contributed by atoms with van der Waals surface area (Å²) < 4.78 is 29.2. The monoisotopic (exact) mass is 369 g/mol. The van der Waals surface area contributed by atoms with E-state index in [1.807, 2.05) is 48.7 Å². The average Bonchev–Trinajstić information content (AvgIpc) is 3.25. The molecule has 0 aliphatic heterocycles. The number of thiophene rings is 1. The Kier molecular flexibility index (Phi) is 4.28. The van der Waals surface area contributed by atoms with E-state index in [1.165, 1.54) is 23.0 Å². The lowest BCUT2D eigenvalue weighted by Crippen LogP contribution is -2.03. The molecule has 1 aromatic carbocycles. The van der Waals surface area contributed by atoms with Crippen molar-refractivity contribution in [3.05, 3.63) is 70.2 Å². The molecule has 3 aromatic heterocycles. The fourth-order valence-corrected chi connectivity index (χ4v) is 3.77. The van der Waals surface area contributed by atoms with E-state index in [4.69, 9.17) is 0 Å². The highest BCUT2D eigenvalue weighted by atomic mass is 32.1. The van der Waals surface area contributed by atoms with Gasteiger partial charge in [-0.25, -0.2) is 18.4 Å². The second-order valence-electron chi connectivity index (χ2n) is 6.30. The Morgan fingerprint density at radius 2 is 1.88 bits per heavy atom. The van der Waals surface area contributed by atoms with Crippen LogP contribution in [-0.2, 0) is 6.54 Å². The Morgan fingerprint density at radius 3 is 2.54 bits per heavy atom. The van der Waals surface area contributed by atoms with E-state index in [1.54, 1.807) is 11.6 Å². The number of hydrogen-bond acceptors (Lipinski definition) is 3. The third-order valence-corrected chi connectivity index (χ3v) is 5.26. The first-order chi connectivity index (χ1) is 12.5. The van der Waals surface area contributed by atoms with Crippen LogP contribution < -0.4 is 0 Å². The number of rotatable bonds is 4. The van der Waals surface area contributed by atoms with Crippen molar-refractivity contribution in [3.63, 3.8) is 0 Å². The molecule has 4 rings (SSSR count). The molecule has 3 heterocycles. The molecular formula is C20H17F2N3S. The van der Waals surface area contributed by atoms with Gasteiger partial charge in [0.05, 0.1) is 28.2 Å². The first-order valence-corrected chi connectivity index (χ1v) is 9.16. The van der Waals surface area contributed by atoms with Crippen molar-refractivity contribution in [3.8, 4) is 10.6 Å². The third kappa shape index (κ3) is 3.01. The third-order valence-electron chi connectivity index (χ3n) is 4.37. The average molecular weight is 369 g/mol. The Bertz CT molecular complexity index is 1050. The molecule has 0 unspecified atom stereocenters. The number of halogens is 2. The van der Waals surface area contributed by atoms with Gasteiger partial charge < -0.3 is 0 Å². The fraction of sp³-hybridized carbons (Fsp3) is 0.200. The molecule has 0 saturated carbocycles. The minimum Gasteiger partial charge on any atom is -0.243 e. The summed E-state index contributed by atoms with van der Waals surface area (Å²) in [5, 5.41) is 6.86. The highest BCUT2D eigenvalue weighted by Gasteiger charge is 2.21. The van der Waals surface area contributed by atoms with Crippen molar-refractivity contribution in [2.45, 2.75) is 26.8 Å². The number of aryl methyl sites for hydroxylation is 2. The molecule has 26 heavy (non-hydrogen) atoms. The number of alkyl halides is 2. The maximum Gasteiger partial charge on any atom is 0.264 e. The molecule has 0 aliphatic rings. The molecule has 0 saturated heterocycles. The molecule has 0 bridgehead atoms. The summed E-state index contributed by atoms with van der Waals surface area (Å²) in [6.07, 6.45) is -2.57. The van der Waals surface area contributed by atoms with E-state index in [-0.39, 0.29) is 5.56 Å². The van der Waals surface area contributed by atoms with Crippen molar-refractivity contribution in [2.75, 3.05) is 0 Å². The Morgan fingerprint density at radius 1 is 1.12 bits per heavy atom. The highest BCUT2D eigenvalue weighted by molar-refractivity contribution is 7.13. The fourth-order valence-electron chi connectivity index (χ4n) is 3.09. The zero-order chi connectivity index (χ0) is 18.3. The van der Waals surface area contributed by atoms with Crippen LogP contribution in [-0.4, -0.2) is 14.8 Å². The molecule has 0 radical (unpaired) electrons. The van der Waals surface area contributed by atoms with Gasteiger partial charge in [0, 0.05) is 5.56 Å². The van der Waals surface area contributed by atoms with Crippen LogP contribution in [0.1, 0.15) is 28.8 Å². The van der Waals surface area contributed by atoms with E-state index in [0.717, 1.165) is 10.4 Å². The maximum absolute atomic E-state index is 13.7. The van der Waals surface area contributed by atoms with Gasteiger partial charge in [-0.15, -0.1) is 11.3 Å². The van der Waals surface area contributed by atoms with Gasteiger partial charge in [0.25, 0.3) is 6.43 Å². The van der Waals surface area contributed by atoms with Crippen LogP contribution in [0.5, 0.6) is 0 Å². The zero-order valence-electron chi connectivity index (χ0n) is 14.4. The van der Waals surface area contributed by atoms with Crippen LogP contribution in [0.4, 0.5) is 8.78 Å². The summed E-state index contributed by atoms with van der Waals surface area (Å²) in [5.41, 5.74) is 3.87. The normalized spacial score (nSPS) is 11.6. The van der Waals surface area contributed by atoms with Crippen molar-refractivity contribution in [1.82, 2.24) is 14.8 Å². The molecule has 0 spiro atoms. The van der Waals surface area contributed by atoms with E-state index in [9.17, 15) is 8.78 Å². The van der Waals surface area contributed by atoms with Crippen LogP contribution >= 0.6 is 11.3 Å². The van der Waals surface area contributed by atoms with Gasteiger partial charge in [-0.3, -0.25) is 0 Å². The first-order valence-electron chi connectivity index (χ1n) is 8.28. The Labute approximate surface area is 153 Å². The Balaban J connectivity index is 1.89. The molecule has 0 aliphatic carbocycles. The number of benzene rings is 1. The molecule has 0 amide bonds. The number of fused-ring (bicyclic) bond motifs is 1. The highest BCUT2D eigenvalue weighted by Crippen LogP contribution is 2.34. The van der Waals surface area contributed by atoms with Crippen LogP contribution in [0, 0.1) is 13.8 Å². The van der Waals surface area contributed by atoms with Gasteiger partial charge in [-0.2, -0.15) is 5.10 Å². The van der Waals surface area contributed by atoms with E-state index >= 15 is 0 Å². The van der Waals surface area contributed by atoms with Crippen LogP contribution in [0.3, 0.4) is 0 Å².